The van der Waals surface area contributed by atoms with Crippen molar-refractivity contribution in [2.45, 2.75) is 32.3 Å². The first-order valence-electron chi connectivity index (χ1n) is 9.64. The first-order valence-corrected chi connectivity index (χ1v) is 9.64. The van der Waals surface area contributed by atoms with Crippen molar-refractivity contribution < 1.29 is 29.0 Å². The maximum atomic E-state index is 12.8. The van der Waals surface area contributed by atoms with Crippen molar-refractivity contribution in [1.82, 2.24) is 9.80 Å². The van der Waals surface area contributed by atoms with E-state index in [1.54, 1.807) is 13.2 Å². The third-order valence-corrected chi connectivity index (χ3v) is 5.54. The first kappa shape index (κ1) is 22.7. The van der Waals surface area contributed by atoms with E-state index in [0.717, 1.165) is 24.3 Å². The number of methoxy groups -OCH3 is 1. The zero-order valence-electron chi connectivity index (χ0n) is 17.5. The lowest BCUT2D eigenvalue weighted by molar-refractivity contribution is -0.150. The number of ether oxygens (including phenoxy) is 2. The summed E-state index contributed by atoms with van der Waals surface area (Å²) in [5.41, 5.74) is 1.20. The summed E-state index contributed by atoms with van der Waals surface area (Å²) in [6, 6.07) is 5.49. The van der Waals surface area contributed by atoms with Crippen LogP contribution in [0.4, 0.5) is 0 Å². The van der Waals surface area contributed by atoms with E-state index in [9.17, 15) is 9.59 Å². The molecule has 2 fully saturated rings. The number of amides is 1. The molecule has 1 atom stereocenters. The number of hydrogen-bond acceptors (Lipinski definition) is 6. The largest absolute Gasteiger partial charge is 0.496 e. The van der Waals surface area contributed by atoms with Gasteiger partial charge in [0.15, 0.2) is 0 Å². The Morgan fingerprint density at radius 2 is 2.00 bits per heavy atom. The molecule has 160 valence electrons. The Labute approximate surface area is 171 Å². The molecule has 2 aliphatic heterocycles. The number of benzene rings is 1. The molecule has 0 saturated carbocycles. The summed E-state index contributed by atoms with van der Waals surface area (Å²) < 4.78 is 10.8. The van der Waals surface area contributed by atoms with Gasteiger partial charge in [0.25, 0.3) is 12.4 Å². The molecular weight excluding hydrogens is 376 g/mol. The second-order valence-corrected chi connectivity index (χ2v) is 7.86. The second-order valence-electron chi connectivity index (χ2n) is 7.86. The molecule has 29 heavy (non-hydrogen) atoms. The lowest BCUT2D eigenvalue weighted by Gasteiger charge is -2.36. The highest BCUT2D eigenvalue weighted by molar-refractivity contribution is 5.95. The van der Waals surface area contributed by atoms with Crippen molar-refractivity contribution in [2.75, 3.05) is 40.8 Å². The van der Waals surface area contributed by atoms with Crippen molar-refractivity contribution in [3.05, 3.63) is 29.3 Å². The summed E-state index contributed by atoms with van der Waals surface area (Å²) in [5, 5.41) is 6.89. The zero-order chi connectivity index (χ0) is 21.6. The quantitative estimate of drug-likeness (QED) is 0.602. The molecule has 1 N–H and O–H groups in total. The van der Waals surface area contributed by atoms with Crippen LogP contribution in [0.25, 0.3) is 0 Å². The van der Waals surface area contributed by atoms with Crippen LogP contribution < -0.4 is 4.74 Å². The van der Waals surface area contributed by atoms with E-state index in [0.29, 0.717) is 31.5 Å². The highest BCUT2D eigenvalue weighted by Gasteiger charge is 2.50. The number of rotatable bonds is 4. The number of likely N-dealkylation sites (N-methyl/N-ethyl adjacent to an activating group) is 1. The lowest BCUT2D eigenvalue weighted by Crippen LogP contribution is -2.45. The molecule has 2 aliphatic rings. The highest BCUT2D eigenvalue weighted by Crippen LogP contribution is 2.43. The monoisotopic (exact) mass is 406 g/mol. The molecule has 2 saturated heterocycles. The van der Waals surface area contributed by atoms with Crippen molar-refractivity contribution in [1.29, 1.82) is 0 Å². The number of carboxylic acid groups (broad SMARTS) is 1. The number of cyclic esters (lactones) is 1. The molecule has 0 radical (unpaired) electrons. The Bertz CT molecular complexity index is 741. The fourth-order valence-electron chi connectivity index (χ4n) is 4.09. The van der Waals surface area contributed by atoms with Crippen LogP contribution in [0.1, 0.15) is 35.2 Å². The van der Waals surface area contributed by atoms with Gasteiger partial charge in [-0.05, 0) is 57.6 Å². The van der Waals surface area contributed by atoms with E-state index in [1.165, 1.54) is 0 Å². The summed E-state index contributed by atoms with van der Waals surface area (Å²) in [5.74, 6) is 0.707. The Kier molecular flexibility index (Phi) is 7.61. The average Bonchev–Trinajstić information content (AvgIpc) is 2.96. The first-order chi connectivity index (χ1) is 13.8. The number of aryl methyl sites for hydroxylation is 1. The third kappa shape index (κ3) is 5.26. The van der Waals surface area contributed by atoms with Gasteiger partial charge in [-0.2, -0.15) is 0 Å². The molecule has 8 nitrogen and oxygen atoms in total. The standard InChI is InChI=1S/C20H28N2O4.CH2O2/c1-14-11-15(5-6-17(14)25-4)18(23)22-9-7-20(8-10-22)12-16(13-21(2)3)26-19(20)24;2-1-3/h5-6,11,16H,7-10,12-13H2,1-4H3;1H,(H,2,3). The molecule has 8 heteroatoms. The van der Waals surface area contributed by atoms with Crippen molar-refractivity contribution in [3.8, 4) is 5.75 Å². The van der Waals surface area contributed by atoms with E-state index in [-0.39, 0.29) is 24.5 Å². The van der Waals surface area contributed by atoms with E-state index in [4.69, 9.17) is 19.4 Å². The third-order valence-electron chi connectivity index (χ3n) is 5.54. The Hall–Kier alpha value is -2.61. The fraction of sp³-hybridized carbons (Fsp3) is 0.571. The maximum absolute atomic E-state index is 12.8. The number of carbonyl (C=O) groups is 3. The number of piperidine rings is 1. The van der Waals surface area contributed by atoms with Gasteiger partial charge in [-0.1, -0.05) is 0 Å². The Morgan fingerprint density at radius 1 is 1.38 bits per heavy atom. The molecule has 1 amide bonds. The fourth-order valence-corrected chi connectivity index (χ4v) is 4.09. The van der Waals surface area contributed by atoms with Gasteiger partial charge in [0.2, 0.25) is 0 Å². The van der Waals surface area contributed by atoms with Crippen LogP contribution in [0.3, 0.4) is 0 Å². The topological polar surface area (TPSA) is 96.4 Å². The normalized spacial score (nSPS) is 20.1. The van der Waals surface area contributed by atoms with Crippen LogP contribution in [0, 0.1) is 12.3 Å². The minimum Gasteiger partial charge on any atom is -0.496 e. The van der Waals surface area contributed by atoms with Crippen LogP contribution in [0.5, 0.6) is 5.75 Å². The molecule has 1 aromatic carbocycles. The summed E-state index contributed by atoms with van der Waals surface area (Å²) >= 11 is 0. The maximum Gasteiger partial charge on any atom is 0.312 e. The van der Waals surface area contributed by atoms with E-state index in [2.05, 4.69) is 0 Å². The molecule has 2 heterocycles. The van der Waals surface area contributed by atoms with Crippen LogP contribution in [0.2, 0.25) is 0 Å². The zero-order valence-corrected chi connectivity index (χ0v) is 17.5. The van der Waals surface area contributed by atoms with Crippen LogP contribution in [-0.2, 0) is 14.3 Å². The SMILES string of the molecule is COc1ccc(C(=O)N2CCC3(CC2)CC(CN(C)C)OC3=O)cc1C.O=CO. The second kappa shape index (κ2) is 9.73. The molecule has 0 aromatic heterocycles. The molecule has 0 bridgehead atoms. The van der Waals surface area contributed by atoms with Crippen LogP contribution in [-0.4, -0.2) is 80.2 Å². The number of hydrogen-bond donors (Lipinski definition) is 1. The summed E-state index contributed by atoms with van der Waals surface area (Å²) in [7, 11) is 5.59. The smallest absolute Gasteiger partial charge is 0.312 e. The molecular formula is C21H30N2O6. The predicted octanol–water partition coefficient (Wildman–Crippen LogP) is 1.80. The number of nitrogens with zero attached hydrogens (tertiary/aromatic N) is 2. The van der Waals surface area contributed by atoms with Crippen molar-refractivity contribution in [3.63, 3.8) is 0 Å². The molecule has 1 unspecified atom stereocenters. The Morgan fingerprint density at radius 3 is 2.52 bits per heavy atom. The summed E-state index contributed by atoms with van der Waals surface area (Å²) in [6.07, 6.45) is 2.07. The van der Waals surface area contributed by atoms with Gasteiger partial charge in [0, 0.05) is 31.6 Å². The lowest BCUT2D eigenvalue weighted by atomic mass is 9.76. The van der Waals surface area contributed by atoms with Gasteiger partial charge in [-0.15, -0.1) is 0 Å². The highest BCUT2D eigenvalue weighted by atomic mass is 16.6. The van der Waals surface area contributed by atoms with E-state index in [1.807, 2.05) is 43.0 Å². The molecule has 1 spiro atoms. The molecule has 1 aromatic rings. The van der Waals surface area contributed by atoms with E-state index < -0.39 is 5.41 Å². The van der Waals surface area contributed by atoms with E-state index >= 15 is 0 Å². The van der Waals surface area contributed by atoms with Gasteiger partial charge in [0.05, 0.1) is 12.5 Å². The molecule has 0 aliphatic carbocycles. The van der Waals surface area contributed by atoms with Gasteiger partial charge in [0.1, 0.15) is 11.9 Å². The number of carbonyl (C=O) groups excluding carboxylic acids is 2. The minimum atomic E-state index is -0.409. The van der Waals surface area contributed by atoms with Gasteiger partial charge < -0.3 is 24.4 Å². The number of likely N-dealkylation sites (tertiary alicyclic amines) is 1. The van der Waals surface area contributed by atoms with Gasteiger partial charge >= 0.3 is 5.97 Å². The molecule has 3 rings (SSSR count). The van der Waals surface area contributed by atoms with Gasteiger partial charge in [-0.25, -0.2) is 0 Å². The summed E-state index contributed by atoms with van der Waals surface area (Å²) in [4.78, 5) is 37.5. The van der Waals surface area contributed by atoms with Crippen LogP contribution >= 0.6 is 0 Å². The van der Waals surface area contributed by atoms with Crippen LogP contribution in [0.15, 0.2) is 18.2 Å². The minimum absolute atomic E-state index is 0.0156. The Balaban J connectivity index is 0.000000941. The average molecular weight is 406 g/mol. The van der Waals surface area contributed by atoms with Crippen molar-refractivity contribution >= 4 is 18.3 Å². The van der Waals surface area contributed by atoms with Crippen molar-refractivity contribution in [2.24, 2.45) is 5.41 Å². The van der Waals surface area contributed by atoms with Gasteiger partial charge in [-0.3, -0.25) is 14.4 Å². The number of esters is 1. The predicted molar refractivity (Wildman–Crippen MR) is 107 cm³/mol. The summed E-state index contributed by atoms with van der Waals surface area (Å²) in [6.45, 7) is 3.61.